The number of imide groups is 1. The number of hydrogen-bond acceptors (Lipinski definition) is 2. The van der Waals surface area contributed by atoms with Gasteiger partial charge in [0.2, 0.25) is 0 Å². The van der Waals surface area contributed by atoms with Crippen molar-refractivity contribution in [2.24, 2.45) is 0 Å². The van der Waals surface area contributed by atoms with E-state index in [4.69, 9.17) is 11.6 Å². The van der Waals surface area contributed by atoms with Crippen LogP contribution in [-0.4, -0.2) is 27.9 Å². The predicted molar refractivity (Wildman–Crippen MR) is 101 cm³/mol. The maximum atomic E-state index is 14.3. The Morgan fingerprint density at radius 3 is 2.53 bits per heavy atom. The lowest BCUT2D eigenvalue weighted by Crippen LogP contribution is -2.32. The van der Waals surface area contributed by atoms with E-state index in [1.807, 2.05) is 6.07 Å². The number of fused-ring (bicyclic) bond motifs is 1. The zero-order chi connectivity index (χ0) is 21.6. The molecule has 5 nitrogen and oxygen atoms in total. The fraction of sp³-hybridized carbons (Fsp3) is 0.200. The molecule has 1 aromatic heterocycles. The van der Waals surface area contributed by atoms with Crippen molar-refractivity contribution in [3.8, 4) is 0 Å². The Hall–Kier alpha value is -3.07. The molecule has 3 aromatic rings. The van der Waals surface area contributed by atoms with Crippen LogP contribution in [0.1, 0.15) is 16.7 Å². The third kappa shape index (κ3) is 3.49. The summed E-state index contributed by atoms with van der Waals surface area (Å²) in [6.45, 7) is -0.601. The topological polar surface area (TPSA) is 65.2 Å². The number of para-hydroxylation sites is 1. The van der Waals surface area contributed by atoms with E-state index in [1.54, 1.807) is 18.3 Å². The van der Waals surface area contributed by atoms with E-state index in [0.717, 1.165) is 23.1 Å². The minimum atomic E-state index is -4.88. The lowest BCUT2D eigenvalue weighted by molar-refractivity contribution is -0.140. The Morgan fingerprint density at radius 2 is 1.80 bits per heavy atom. The third-order valence-corrected chi connectivity index (χ3v) is 5.31. The molecule has 1 saturated heterocycles. The Kier molecular flexibility index (Phi) is 4.93. The second-order valence-electron chi connectivity index (χ2n) is 6.88. The summed E-state index contributed by atoms with van der Waals surface area (Å²) in [5.41, 5.74) is -0.417. The number of hydrogen-bond donors (Lipinski definition) is 2. The van der Waals surface area contributed by atoms with Crippen LogP contribution in [0.5, 0.6) is 0 Å². The highest BCUT2D eigenvalue weighted by molar-refractivity contribution is 6.35. The Labute approximate surface area is 172 Å². The predicted octanol–water partition coefficient (Wildman–Crippen LogP) is 4.64. The van der Waals surface area contributed by atoms with E-state index in [2.05, 4.69) is 10.3 Å². The van der Waals surface area contributed by atoms with Gasteiger partial charge in [-0.1, -0.05) is 35.9 Å². The second kappa shape index (κ2) is 7.32. The molecule has 0 saturated carbocycles. The van der Waals surface area contributed by atoms with Crippen molar-refractivity contribution >= 4 is 34.4 Å². The van der Waals surface area contributed by atoms with Crippen molar-refractivity contribution in [3.63, 3.8) is 0 Å². The number of carbonyl (C=O) groups excluding carboxylic acids is 2. The van der Waals surface area contributed by atoms with Crippen LogP contribution in [0.25, 0.3) is 10.9 Å². The van der Waals surface area contributed by atoms with Gasteiger partial charge in [0.15, 0.2) is 0 Å². The van der Waals surface area contributed by atoms with E-state index in [0.29, 0.717) is 21.5 Å². The maximum Gasteiger partial charge on any atom is 0.419 e. The van der Waals surface area contributed by atoms with Crippen molar-refractivity contribution in [2.75, 3.05) is 0 Å². The average Bonchev–Trinajstić information content (AvgIpc) is 3.20. The van der Waals surface area contributed by atoms with Crippen LogP contribution in [-0.2, 0) is 23.9 Å². The van der Waals surface area contributed by atoms with Gasteiger partial charge in [0, 0.05) is 23.6 Å². The highest BCUT2D eigenvalue weighted by atomic mass is 35.5. The first-order valence-electron chi connectivity index (χ1n) is 8.87. The van der Waals surface area contributed by atoms with Crippen molar-refractivity contribution in [2.45, 2.75) is 25.2 Å². The Balaban J connectivity index is 1.56. The molecular weight excluding hydrogens is 426 g/mol. The van der Waals surface area contributed by atoms with E-state index in [1.165, 1.54) is 0 Å². The Bertz CT molecular complexity index is 1160. The van der Waals surface area contributed by atoms with Crippen molar-refractivity contribution in [1.82, 2.24) is 15.2 Å². The van der Waals surface area contributed by atoms with Crippen LogP contribution in [0, 0.1) is 5.82 Å². The number of H-pyrrole nitrogens is 1. The SMILES string of the molecule is O=C1NC(Cc2c[nH]c3c(Cl)cccc23)C(=O)N1Cc1cccc(C(F)(F)F)c1F. The molecule has 0 radical (unpaired) electrons. The van der Waals surface area contributed by atoms with Gasteiger partial charge >= 0.3 is 12.2 Å². The van der Waals surface area contributed by atoms with Gasteiger partial charge in [0.1, 0.15) is 11.9 Å². The smallest absolute Gasteiger partial charge is 0.360 e. The first-order chi connectivity index (χ1) is 14.2. The van der Waals surface area contributed by atoms with Gasteiger partial charge in [-0.05, 0) is 17.7 Å². The monoisotopic (exact) mass is 439 g/mol. The molecule has 4 rings (SSSR count). The lowest BCUT2D eigenvalue weighted by Gasteiger charge is -2.16. The number of carbonyl (C=O) groups is 2. The summed E-state index contributed by atoms with van der Waals surface area (Å²) in [5.74, 6) is -2.14. The summed E-state index contributed by atoms with van der Waals surface area (Å²) in [4.78, 5) is 28.7. The number of aromatic amines is 1. The average molecular weight is 440 g/mol. The summed E-state index contributed by atoms with van der Waals surface area (Å²) in [6.07, 6.45) is -3.06. The molecule has 0 spiro atoms. The van der Waals surface area contributed by atoms with Crippen LogP contribution >= 0.6 is 11.6 Å². The highest BCUT2D eigenvalue weighted by Gasteiger charge is 2.40. The van der Waals surface area contributed by atoms with Gasteiger partial charge < -0.3 is 10.3 Å². The van der Waals surface area contributed by atoms with Crippen LogP contribution in [0.3, 0.4) is 0 Å². The molecule has 0 bridgehead atoms. The first-order valence-corrected chi connectivity index (χ1v) is 9.25. The summed E-state index contributed by atoms with van der Waals surface area (Å²) < 4.78 is 53.0. The van der Waals surface area contributed by atoms with E-state index in [-0.39, 0.29) is 6.42 Å². The molecule has 156 valence electrons. The number of amides is 3. The van der Waals surface area contributed by atoms with E-state index in [9.17, 15) is 27.2 Å². The van der Waals surface area contributed by atoms with Crippen LogP contribution in [0.15, 0.2) is 42.6 Å². The van der Waals surface area contributed by atoms with Crippen LogP contribution in [0.4, 0.5) is 22.4 Å². The minimum Gasteiger partial charge on any atom is -0.360 e. The molecule has 1 aliphatic heterocycles. The molecule has 1 aliphatic rings. The van der Waals surface area contributed by atoms with Crippen LogP contribution < -0.4 is 5.32 Å². The van der Waals surface area contributed by atoms with Crippen molar-refractivity contribution < 1.29 is 27.2 Å². The minimum absolute atomic E-state index is 0.145. The number of halogens is 5. The number of urea groups is 1. The van der Waals surface area contributed by atoms with Crippen LogP contribution in [0.2, 0.25) is 5.02 Å². The number of aromatic nitrogens is 1. The quantitative estimate of drug-likeness (QED) is 0.459. The van der Waals surface area contributed by atoms with Gasteiger partial charge in [-0.25, -0.2) is 9.18 Å². The normalized spacial score (nSPS) is 17.1. The molecule has 0 aliphatic carbocycles. The number of nitrogens with one attached hydrogen (secondary N) is 2. The van der Waals surface area contributed by atoms with Crippen molar-refractivity contribution in [1.29, 1.82) is 0 Å². The van der Waals surface area contributed by atoms with Gasteiger partial charge in [-0.15, -0.1) is 0 Å². The standard InChI is InChI=1S/C20H14ClF4N3O2/c21-14-6-2-4-12-11(8-26-17(12)14)7-15-18(29)28(19(30)27-15)9-10-3-1-5-13(16(10)22)20(23,24)25/h1-6,8,15,26H,7,9H2,(H,27,30). The van der Waals surface area contributed by atoms with E-state index < -0.39 is 47.6 Å². The number of rotatable bonds is 4. The summed E-state index contributed by atoms with van der Waals surface area (Å²) in [5, 5.41) is 3.79. The molecule has 2 heterocycles. The lowest BCUT2D eigenvalue weighted by atomic mass is 10.0. The molecule has 3 amide bonds. The molecular formula is C20H14ClF4N3O2. The number of alkyl halides is 3. The van der Waals surface area contributed by atoms with Crippen molar-refractivity contribution in [3.05, 3.63) is 70.1 Å². The molecule has 1 fully saturated rings. The Morgan fingerprint density at radius 1 is 1.07 bits per heavy atom. The largest absolute Gasteiger partial charge is 0.419 e. The molecule has 30 heavy (non-hydrogen) atoms. The molecule has 2 aromatic carbocycles. The number of benzene rings is 2. The van der Waals surface area contributed by atoms with Gasteiger partial charge in [-0.2, -0.15) is 13.2 Å². The fourth-order valence-electron chi connectivity index (χ4n) is 3.52. The van der Waals surface area contributed by atoms with E-state index >= 15 is 0 Å². The van der Waals surface area contributed by atoms with Gasteiger partial charge in [0.05, 0.1) is 22.6 Å². The highest BCUT2D eigenvalue weighted by Crippen LogP contribution is 2.33. The fourth-order valence-corrected chi connectivity index (χ4v) is 3.75. The molecule has 10 heteroatoms. The zero-order valence-electron chi connectivity index (χ0n) is 15.2. The summed E-state index contributed by atoms with van der Waals surface area (Å²) >= 11 is 6.12. The summed E-state index contributed by atoms with van der Waals surface area (Å²) in [6, 6.07) is 6.30. The first kappa shape index (κ1) is 20.2. The maximum absolute atomic E-state index is 14.3. The second-order valence-corrected chi connectivity index (χ2v) is 7.29. The van der Waals surface area contributed by atoms with Gasteiger partial charge in [0.25, 0.3) is 5.91 Å². The number of nitrogens with zero attached hydrogens (tertiary/aromatic N) is 1. The van der Waals surface area contributed by atoms with Gasteiger partial charge in [-0.3, -0.25) is 9.69 Å². The molecule has 1 unspecified atom stereocenters. The third-order valence-electron chi connectivity index (χ3n) is 4.99. The molecule has 1 atom stereocenters. The molecule has 2 N–H and O–H groups in total. The zero-order valence-corrected chi connectivity index (χ0v) is 15.9. The summed E-state index contributed by atoms with van der Waals surface area (Å²) in [7, 11) is 0.